The Labute approximate surface area is 104 Å². The van der Waals surface area contributed by atoms with E-state index in [1.807, 2.05) is 0 Å². The molecule has 0 atom stereocenters. The number of anilines is 1. The lowest BCUT2D eigenvalue weighted by molar-refractivity contribution is -0.137. The van der Waals surface area contributed by atoms with Crippen LogP contribution in [0.1, 0.15) is 0 Å². The average Bonchev–Trinajstić information content (AvgIpc) is 2.38. The van der Waals surface area contributed by atoms with E-state index in [2.05, 4.69) is 0 Å². The highest BCUT2D eigenvalue weighted by Crippen LogP contribution is 2.19. The van der Waals surface area contributed by atoms with Crippen LogP contribution in [0, 0.1) is 5.82 Å². The maximum absolute atomic E-state index is 13.4. The van der Waals surface area contributed by atoms with Gasteiger partial charge in [-0.1, -0.05) is 0 Å². The lowest BCUT2D eigenvalue weighted by Gasteiger charge is -2.26. The van der Waals surface area contributed by atoms with Crippen molar-refractivity contribution in [1.82, 2.24) is 4.90 Å². The number of ether oxygens (including phenoxy) is 2. The molecule has 6 heteroatoms. The van der Waals surface area contributed by atoms with Gasteiger partial charge in [0.05, 0.1) is 13.2 Å². The Morgan fingerprint density at radius 1 is 1.44 bits per heavy atom. The van der Waals surface area contributed by atoms with Crippen LogP contribution in [-0.2, 0) is 9.53 Å². The van der Waals surface area contributed by atoms with Crippen LogP contribution in [-0.4, -0.2) is 43.7 Å². The molecule has 1 fully saturated rings. The van der Waals surface area contributed by atoms with Gasteiger partial charge in [-0.3, -0.25) is 4.79 Å². The SMILES string of the molecule is Nc1ccc(OCC(=O)N2CCOCC2)c(F)c1. The summed E-state index contributed by atoms with van der Waals surface area (Å²) in [7, 11) is 0. The van der Waals surface area contributed by atoms with Gasteiger partial charge in [-0.15, -0.1) is 0 Å². The highest BCUT2D eigenvalue weighted by Gasteiger charge is 2.17. The van der Waals surface area contributed by atoms with E-state index in [0.717, 1.165) is 6.07 Å². The largest absolute Gasteiger partial charge is 0.481 e. The maximum atomic E-state index is 13.4. The van der Waals surface area contributed by atoms with Crippen molar-refractivity contribution in [3.05, 3.63) is 24.0 Å². The molecule has 1 aliphatic rings. The summed E-state index contributed by atoms with van der Waals surface area (Å²) < 4.78 is 23.7. The summed E-state index contributed by atoms with van der Waals surface area (Å²) in [6, 6.07) is 4.10. The van der Waals surface area contributed by atoms with Crippen LogP contribution in [0.3, 0.4) is 0 Å². The molecule has 1 saturated heterocycles. The van der Waals surface area contributed by atoms with Crippen LogP contribution >= 0.6 is 0 Å². The minimum Gasteiger partial charge on any atom is -0.481 e. The van der Waals surface area contributed by atoms with E-state index in [4.69, 9.17) is 15.2 Å². The van der Waals surface area contributed by atoms with E-state index in [-0.39, 0.29) is 18.3 Å². The molecule has 0 aliphatic carbocycles. The zero-order valence-corrected chi connectivity index (χ0v) is 9.89. The smallest absolute Gasteiger partial charge is 0.260 e. The molecular formula is C12H15FN2O3. The van der Waals surface area contributed by atoms with Crippen molar-refractivity contribution < 1.29 is 18.7 Å². The topological polar surface area (TPSA) is 64.8 Å². The van der Waals surface area contributed by atoms with E-state index >= 15 is 0 Å². The number of halogens is 1. The van der Waals surface area contributed by atoms with Crippen LogP contribution in [0.15, 0.2) is 18.2 Å². The molecule has 1 aromatic rings. The number of nitrogens with zero attached hydrogens (tertiary/aromatic N) is 1. The van der Waals surface area contributed by atoms with Gasteiger partial charge < -0.3 is 20.1 Å². The van der Waals surface area contributed by atoms with Crippen molar-refractivity contribution in [2.24, 2.45) is 0 Å². The second kappa shape index (κ2) is 5.68. The van der Waals surface area contributed by atoms with Crippen LogP contribution < -0.4 is 10.5 Å². The first kappa shape index (κ1) is 12.6. The Morgan fingerprint density at radius 2 is 2.17 bits per heavy atom. The molecule has 18 heavy (non-hydrogen) atoms. The van der Waals surface area contributed by atoms with Crippen molar-refractivity contribution in [3.63, 3.8) is 0 Å². The van der Waals surface area contributed by atoms with E-state index in [0.29, 0.717) is 32.0 Å². The number of benzene rings is 1. The number of carbonyl (C=O) groups is 1. The lowest BCUT2D eigenvalue weighted by Crippen LogP contribution is -2.43. The Bertz CT molecular complexity index is 433. The fourth-order valence-corrected chi connectivity index (χ4v) is 1.68. The van der Waals surface area contributed by atoms with E-state index < -0.39 is 5.82 Å². The molecule has 1 aromatic carbocycles. The third-order valence-corrected chi connectivity index (χ3v) is 2.67. The van der Waals surface area contributed by atoms with E-state index in [1.165, 1.54) is 12.1 Å². The van der Waals surface area contributed by atoms with Gasteiger partial charge in [-0.2, -0.15) is 0 Å². The summed E-state index contributed by atoms with van der Waals surface area (Å²) in [4.78, 5) is 13.4. The second-order valence-corrected chi connectivity index (χ2v) is 3.97. The van der Waals surface area contributed by atoms with Crippen molar-refractivity contribution >= 4 is 11.6 Å². The Kier molecular flexibility index (Phi) is 3.99. The number of hydrogen-bond donors (Lipinski definition) is 1. The summed E-state index contributed by atoms with van der Waals surface area (Å²) in [5.74, 6) is -0.704. The molecule has 0 spiro atoms. The van der Waals surface area contributed by atoms with Crippen molar-refractivity contribution in [2.45, 2.75) is 0 Å². The fourth-order valence-electron chi connectivity index (χ4n) is 1.68. The van der Waals surface area contributed by atoms with Gasteiger partial charge >= 0.3 is 0 Å². The van der Waals surface area contributed by atoms with Crippen LogP contribution in [0.5, 0.6) is 5.75 Å². The predicted octanol–water partition coefficient (Wildman–Crippen LogP) is 0.645. The van der Waals surface area contributed by atoms with Gasteiger partial charge in [-0.25, -0.2) is 4.39 Å². The average molecular weight is 254 g/mol. The molecule has 0 radical (unpaired) electrons. The predicted molar refractivity (Wildman–Crippen MR) is 63.7 cm³/mol. The number of nitrogens with two attached hydrogens (primary N) is 1. The lowest BCUT2D eigenvalue weighted by atomic mass is 10.3. The number of nitrogen functional groups attached to an aromatic ring is 1. The highest BCUT2D eigenvalue weighted by molar-refractivity contribution is 5.77. The van der Waals surface area contributed by atoms with Crippen LogP contribution in [0.4, 0.5) is 10.1 Å². The molecule has 5 nitrogen and oxygen atoms in total. The van der Waals surface area contributed by atoms with Crippen molar-refractivity contribution in [3.8, 4) is 5.75 Å². The van der Waals surface area contributed by atoms with Crippen molar-refractivity contribution in [2.75, 3.05) is 38.6 Å². The molecule has 2 rings (SSSR count). The molecule has 0 unspecified atom stereocenters. The first-order valence-corrected chi connectivity index (χ1v) is 5.70. The summed E-state index contributed by atoms with van der Waals surface area (Å²) in [6.07, 6.45) is 0. The molecule has 1 aliphatic heterocycles. The summed E-state index contributed by atoms with van der Waals surface area (Å²) in [5.41, 5.74) is 5.73. The first-order chi connectivity index (χ1) is 8.66. The standard InChI is InChI=1S/C12H15FN2O3/c13-10-7-9(14)1-2-11(10)18-8-12(16)15-3-5-17-6-4-15/h1-2,7H,3-6,8,14H2. The zero-order chi connectivity index (χ0) is 13.0. The number of hydrogen-bond acceptors (Lipinski definition) is 4. The number of carbonyl (C=O) groups excluding carboxylic acids is 1. The van der Waals surface area contributed by atoms with Gasteiger partial charge in [0.15, 0.2) is 18.2 Å². The quantitative estimate of drug-likeness (QED) is 0.804. The van der Waals surface area contributed by atoms with Gasteiger partial charge in [0.2, 0.25) is 0 Å². The summed E-state index contributed by atoms with van der Waals surface area (Å²) in [6.45, 7) is 1.98. The van der Waals surface area contributed by atoms with Crippen LogP contribution in [0.2, 0.25) is 0 Å². The third-order valence-electron chi connectivity index (χ3n) is 2.67. The summed E-state index contributed by atoms with van der Waals surface area (Å²) in [5, 5.41) is 0. The molecule has 1 amide bonds. The summed E-state index contributed by atoms with van der Waals surface area (Å²) >= 11 is 0. The minimum absolute atomic E-state index is 0.0332. The van der Waals surface area contributed by atoms with Gasteiger partial charge in [0, 0.05) is 24.8 Å². The minimum atomic E-state index is -0.565. The number of rotatable bonds is 3. The van der Waals surface area contributed by atoms with E-state index in [9.17, 15) is 9.18 Å². The Morgan fingerprint density at radius 3 is 2.83 bits per heavy atom. The number of morpholine rings is 1. The highest BCUT2D eigenvalue weighted by atomic mass is 19.1. The maximum Gasteiger partial charge on any atom is 0.260 e. The van der Waals surface area contributed by atoms with Gasteiger partial charge in [0.1, 0.15) is 0 Å². The molecule has 0 bridgehead atoms. The monoisotopic (exact) mass is 254 g/mol. The van der Waals surface area contributed by atoms with Crippen LogP contribution in [0.25, 0.3) is 0 Å². The van der Waals surface area contributed by atoms with E-state index in [1.54, 1.807) is 4.90 Å². The molecule has 98 valence electrons. The zero-order valence-electron chi connectivity index (χ0n) is 9.89. The Hall–Kier alpha value is -1.82. The molecular weight excluding hydrogens is 239 g/mol. The number of amides is 1. The van der Waals surface area contributed by atoms with Gasteiger partial charge in [0.25, 0.3) is 5.91 Å². The molecule has 0 saturated carbocycles. The van der Waals surface area contributed by atoms with Crippen molar-refractivity contribution in [1.29, 1.82) is 0 Å². The molecule has 1 heterocycles. The fraction of sp³-hybridized carbons (Fsp3) is 0.417. The normalized spacial score (nSPS) is 15.5. The molecule has 0 aromatic heterocycles. The third kappa shape index (κ3) is 3.10. The Balaban J connectivity index is 1.88. The molecule has 2 N–H and O–H groups in total. The van der Waals surface area contributed by atoms with Gasteiger partial charge in [-0.05, 0) is 12.1 Å². The first-order valence-electron chi connectivity index (χ1n) is 5.70. The second-order valence-electron chi connectivity index (χ2n) is 3.97.